The number of hydrogen-bond acceptors (Lipinski definition) is 2. The lowest BCUT2D eigenvalue weighted by Crippen LogP contribution is -1.95. The van der Waals surface area contributed by atoms with E-state index in [4.69, 9.17) is 4.42 Å². The largest absolute Gasteiger partial charge is 0.456 e. The summed E-state index contributed by atoms with van der Waals surface area (Å²) in [5, 5.41) is 12.4. The second kappa shape index (κ2) is 11.2. The van der Waals surface area contributed by atoms with Gasteiger partial charge in [0.15, 0.2) is 0 Å². The van der Waals surface area contributed by atoms with Crippen molar-refractivity contribution in [3.05, 3.63) is 182 Å². The van der Waals surface area contributed by atoms with E-state index in [0.29, 0.717) is 0 Å². The van der Waals surface area contributed by atoms with Gasteiger partial charge in [-0.3, -0.25) is 0 Å². The molecule has 0 N–H and O–H groups in total. The maximum Gasteiger partial charge on any atom is 0.137 e. The Kier molecular flexibility index (Phi) is 6.04. The van der Waals surface area contributed by atoms with Gasteiger partial charge in [-0.05, 0) is 89.3 Å². The van der Waals surface area contributed by atoms with Crippen LogP contribution < -0.4 is 0 Å². The van der Waals surface area contributed by atoms with E-state index in [2.05, 4.69) is 191 Å². The number of nitrogens with zero attached hydrogens (tertiary/aromatic N) is 2. The fourth-order valence-electron chi connectivity index (χ4n) is 9.42. The average molecular weight is 731 g/mol. The molecule has 13 aromatic rings. The first-order valence-electron chi connectivity index (χ1n) is 19.1. The smallest absolute Gasteiger partial charge is 0.137 e. The number of para-hydroxylation sites is 2. The predicted octanol–water partition coefficient (Wildman–Crippen LogP) is 15.0. The lowest BCUT2D eigenvalue weighted by atomic mass is 10.0. The van der Waals surface area contributed by atoms with Gasteiger partial charge in [0.1, 0.15) is 11.2 Å². The molecule has 0 aliphatic heterocycles. The second-order valence-corrected chi connectivity index (χ2v) is 15.9. The number of furan rings is 1. The van der Waals surface area contributed by atoms with E-state index in [1.165, 1.54) is 96.8 Å². The standard InChI is InChI=1S/C52H30N2OS/c1-2-12-35-31(10-1)11-9-18-43(35)54-45-17-7-4-14-37(45)42-29-33(21-26-47(42)54)32-20-25-46-41(28-32)36-13-3-6-16-44(36)53(46)34-22-23-40-49(30-34)55-48-27-24-39-38-15-5-8-19-50(38)56-52(39)51(40)48/h1-30H. The molecule has 56 heavy (non-hydrogen) atoms. The summed E-state index contributed by atoms with van der Waals surface area (Å²) in [5.41, 5.74) is 11.3. The maximum atomic E-state index is 6.60. The van der Waals surface area contributed by atoms with Crippen molar-refractivity contribution in [2.45, 2.75) is 0 Å². The zero-order chi connectivity index (χ0) is 36.5. The van der Waals surface area contributed by atoms with Crippen molar-refractivity contribution < 1.29 is 4.42 Å². The lowest BCUT2D eigenvalue weighted by Gasteiger charge is -2.12. The third-order valence-corrected chi connectivity index (χ3v) is 13.1. The monoisotopic (exact) mass is 730 g/mol. The number of hydrogen-bond donors (Lipinski definition) is 0. The van der Waals surface area contributed by atoms with Gasteiger partial charge in [0.25, 0.3) is 0 Å². The van der Waals surface area contributed by atoms with Crippen LogP contribution in [0.25, 0.3) is 119 Å². The topological polar surface area (TPSA) is 23.0 Å². The number of benzene rings is 9. The minimum atomic E-state index is 0.904. The number of thiophene rings is 1. The zero-order valence-corrected chi connectivity index (χ0v) is 30.8. The van der Waals surface area contributed by atoms with Crippen LogP contribution in [0.3, 0.4) is 0 Å². The van der Waals surface area contributed by atoms with Crippen LogP contribution in [-0.4, -0.2) is 9.13 Å². The molecule has 0 spiro atoms. The van der Waals surface area contributed by atoms with Crippen molar-refractivity contribution in [2.24, 2.45) is 0 Å². The second-order valence-electron chi connectivity index (χ2n) is 14.9. The van der Waals surface area contributed by atoms with Gasteiger partial charge in [0.2, 0.25) is 0 Å². The first-order valence-corrected chi connectivity index (χ1v) is 19.9. The highest BCUT2D eigenvalue weighted by molar-refractivity contribution is 7.26. The van der Waals surface area contributed by atoms with E-state index < -0.39 is 0 Å². The summed E-state index contributed by atoms with van der Waals surface area (Å²) in [7, 11) is 0. The van der Waals surface area contributed by atoms with E-state index >= 15 is 0 Å². The first-order chi connectivity index (χ1) is 27.8. The normalized spacial score (nSPS) is 12.3. The average Bonchev–Trinajstić information content (AvgIpc) is 4.00. The zero-order valence-electron chi connectivity index (χ0n) is 30.0. The molecule has 9 aromatic carbocycles. The Hall–Kier alpha value is -7.14. The molecule has 3 nitrogen and oxygen atoms in total. The molecule has 0 saturated heterocycles. The SMILES string of the molecule is c1ccc2c(-n3c4ccccc4c4cc(-c5ccc6c(c5)c5ccccc5n6-c5ccc6c(c5)oc5ccc7c8ccccc8sc7c56)ccc43)cccc2c1. The van der Waals surface area contributed by atoms with Gasteiger partial charge in [-0.2, -0.15) is 0 Å². The van der Waals surface area contributed by atoms with Gasteiger partial charge in [0.05, 0.1) is 27.8 Å². The molecule has 0 amide bonds. The molecule has 4 heteroatoms. The molecular weight excluding hydrogens is 701 g/mol. The Balaban J connectivity index is 0.978. The van der Waals surface area contributed by atoms with Crippen LogP contribution >= 0.6 is 11.3 Å². The fraction of sp³-hybridized carbons (Fsp3) is 0. The highest BCUT2D eigenvalue weighted by Gasteiger charge is 2.19. The summed E-state index contributed by atoms with van der Waals surface area (Å²) >= 11 is 1.85. The molecule has 4 aromatic heterocycles. The Labute approximate surface area is 324 Å². The summed E-state index contributed by atoms with van der Waals surface area (Å²) < 4.78 is 14.0. The Bertz CT molecular complexity index is 3770. The highest BCUT2D eigenvalue weighted by atomic mass is 32.1. The van der Waals surface area contributed by atoms with Gasteiger partial charge < -0.3 is 13.6 Å². The van der Waals surface area contributed by atoms with Gasteiger partial charge in [-0.15, -0.1) is 11.3 Å². The van der Waals surface area contributed by atoms with Gasteiger partial charge in [0, 0.05) is 69.6 Å². The van der Waals surface area contributed by atoms with Crippen molar-refractivity contribution in [1.82, 2.24) is 9.13 Å². The van der Waals surface area contributed by atoms with Crippen LogP contribution in [-0.2, 0) is 0 Å². The van der Waals surface area contributed by atoms with Crippen molar-refractivity contribution in [1.29, 1.82) is 0 Å². The maximum absolute atomic E-state index is 6.60. The molecule has 0 atom stereocenters. The minimum absolute atomic E-state index is 0.904. The summed E-state index contributed by atoms with van der Waals surface area (Å²) in [4.78, 5) is 0. The molecule has 0 fully saturated rings. The van der Waals surface area contributed by atoms with Crippen LogP contribution in [0.2, 0.25) is 0 Å². The molecule has 0 bridgehead atoms. The van der Waals surface area contributed by atoms with E-state index in [-0.39, 0.29) is 0 Å². The Morgan fingerprint density at radius 1 is 0.375 bits per heavy atom. The number of rotatable bonds is 3. The van der Waals surface area contributed by atoms with E-state index in [1.807, 2.05) is 11.3 Å². The van der Waals surface area contributed by atoms with Gasteiger partial charge >= 0.3 is 0 Å². The van der Waals surface area contributed by atoms with E-state index in [0.717, 1.165) is 22.2 Å². The van der Waals surface area contributed by atoms with Gasteiger partial charge in [-0.1, -0.05) is 103 Å². The van der Waals surface area contributed by atoms with E-state index in [1.54, 1.807) is 0 Å². The summed E-state index contributed by atoms with van der Waals surface area (Å²) in [6, 6.07) is 66.4. The number of aromatic nitrogens is 2. The first kappa shape index (κ1) is 30.2. The number of fused-ring (bicyclic) bond motifs is 14. The van der Waals surface area contributed by atoms with Crippen LogP contribution in [0, 0.1) is 0 Å². The molecule has 260 valence electrons. The van der Waals surface area contributed by atoms with Crippen LogP contribution in [0.4, 0.5) is 0 Å². The molecule has 4 heterocycles. The molecule has 13 rings (SSSR count). The third kappa shape index (κ3) is 4.11. The van der Waals surface area contributed by atoms with E-state index in [9.17, 15) is 0 Å². The van der Waals surface area contributed by atoms with Crippen LogP contribution in [0.1, 0.15) is 0 Å². The third-order valence-electron chi connectivity index (χ3n) is 11.9. The Morgan fingerprint density at radius 2 is 0.982 bits per heavy atom. The molecule has 0 saturated carbocycles. The molecular formula is C52H30N2OS. The molecule has 0 aliphatic carbocycles. The minimum Gasteiger partial charge on any atom is -0.456 e. The summed E-state index contributed by atoms with van der Waals surface area (Å²) in [6.45, 7) is 0. The summed E-state index contributed by atoms with van der Waals surface area (Å²) in [6.07, 6.45) is 0. The van der Waals surface area contributed by atoms with Crippen molar-refractivity contribution in [3.8, 4) is 22.5 Å². The van der Waals surface area contributed by atoms with Crippen LogP contribution in [0.5, 0.6) is 0 Å². The van der Waals surface area contributed by atoms with Crippen LogP contribution in [0.15, 0.2) is 186 Å². The summed E-state index contributed by atoms with van der Waals surface area (Å²) in [5.74, 6) is 0. The highest BCUT2D eigenvalue weighted by Crippen LogP contribution is 2.44. The predicted molar refractivity (Wildman–Crippen MR) is 238 cm³/mol. The quantitative estimate of drug-likeness (QED) is 0.177. The Morgan fingerprint density at radius 3 is 1.77 bits per heavy atom. The molecule has 0 unspecified atom stereocenters. The molecule has 0 radical (unpaired) electrons. The van der Waals surface area contributed by atoms with Crippen molar-refractivity contribution in [2.75, 3.05) is 0 Å². The van der Waals surface area contributed by atoms with Crippen molar-refractivity contribution in [3.63, 3.8) is 0 Å². The fourth-order valence-corrected chi connectivity index (χ4v) is 10.7. The lowest BCUT2D eigenvalue weighted by molar-refractivity contribution is 0.669. The molecule has 0 aliphatic rings. The van der Waals surface area contributed by atoms with Gasteiger partial charge in [-0.25, -0.2) is 0 Å². The van der Waals surface area contributed by atoms with Crippen molar-refractivity contribution >= 4 is 108 Å².